The molecule has 0 saturated heterocycles. The zero-order valence-electron chi connectivity index (χ0n) is 20.7. The first kappa shape index (κ1) is 27.4. The highest BCUT2D eigenvalue weighted by molar-refractivity contribution is 6.04. The summed E-state index contributed by atoms with van der Waals surface area (Å²) in [5.74, 6) is -1.16. The Balaban J connectivity index is 2.39. The molecule has 0 N–H and O–H groups in total. The van der Waals surface area contributed by atoms with Crippen molar-refractivity contribution in [2.45, 2.75) is 52.5 Å². The average molecular weight is 475 g/mol. The van der Waals surface area contributed by atoms with E-state index in [4.69, 9.17) is 9.47 Å². The van der Waals surface area contributed by atoms with Crippen LogP contribution < -0.4 is 0 Å². The van der Waals surface area contributed by atoms with Crippen molar-refractivity contribution in [2.24, 2.45) is 0 Å². The van der Waals surface area contributed by atoms with E-state index in [0.29, 0.717) is 12.8 Å². The van der Waals surface area contributed by atoms with Crippen LogP contribution in [0.3, 0.4) is 0 Å². The van der Waals surface area contributed by atoms with Gasteiger partial charge in [-0.1, -0.05) is 63.8 Å². The van der Waals surface area contributed by atoms with Crippen LogP contribution in [0.4, 0.5) is 0 Å². The minimum Gasteiger partial charge on any atom is -0.463 e. The fourth-order valence-electron chi connectivity index (χ4n) is 3.79. The van der Waals surface area contributed by atoms with Crippen LogP contribution in [0.1, 0.15) is 57.2 Å². The molecule has 0 saturated carbocycles. The lowest BCUT2D eigenvalue weighted by molar-refractivity contribution is -0.140. The number of para-hydroxylation sites is 1. The van der Waals surface area contributed by atoms with Gasteiger partial charge in [0.25, 0.3) is 0 Å². The largest absolute Gasteiger partial charge is 0.463 e. The number of nitrogens with zero attached hydrogens (tertiary/aromatic N) is 2. The molecule has 0 spiro atoms. The number of ether oxygens (including phenoxy) is 2. The first-order chi connectivity index (χ1) is 17.0. The Kier molecular flexibility index (Phi) is 11.3. The molecule has 0 aliphatic rings. The lowest BCUT2D eigenvalue weighted by atomic mass is 10.0. The molecular weight excluding hydrogens is 440 g/mol. The number of hydrogen-bond donors (Lipinski definition) is 0. The number of carbonyl (C=O) groups is 2. The number of nitriles is 1. The summed E-state index contributed by atoms with van der Waals surface area (Å²) in [6, 6.07) is 10.0. The lowest BCUT2D eigenvalue weighted by Gasteiger charge is -2.12. The summed E-state index contributed by atoms with van der Waals surface area (Å²) in [4.78, 5) is 23.8. The number of aryl methyl sites for hydroxylation is 1. The fraction of sp³-hybridized carbons (Fsp3) is 0.345. The van der Waals surface area contributed by atoms with Gasteiger partial charge in [0, 0.05) is 29.1 Å². The maximum absolute atomic E-state index is 12.7. The quantitative estimate of drug-likeness (QED) is 0.104. The van der Waals surface area contributed by atoms with E-state index in [1.54, 1.807) is 6.08 Å². The van der Waals surface area contributed by atoms with E-state index in [0.717, 1.165) is 59.6 Å². The smallest absolute Gasteiger partial charge is 0.348 e. The Bertz CT molecular complexity index is 1160. The SMILES string of the molecule is C=CC(=O)OCCCCOC(=O)/C(C#N)=C/c1c(/C(C=C)=C/CC)n(CCCC)c2ccccc12. The van der Waals surface area contributed by atoms with Crippen molar-refractivity contribution < 1.29 is 19.1 Å². The number of rotatable bonds is 14. The molecule has 1 aromatic heterocycles. The number of fused-ring (bicyclic) bond motifs is 1. The number of aromatic nitrogens is 1. The van der Waals surface area contributed by atoms with Gasteiger partial charge in [0.2, 0.25) is 0 Å². The molecule has 0 amide bonds. The average Bonchev–Trinajstić information content (AvgIpc) is 3.18. The van der Waals surface area contributed by atoms with Crippen molar-refractivity contribution in [3.05, 3.63) is 72.5 Å². The third kappa shape index (κ3) is 7.31. The molecule has 0 radical (unpaired) electrons. The standard InChI is InChI=1S/C29H34N2O4/c1-5-9-17-31-26-16-11-10-15-24(26)25(28(31)22(7-3)14-6-2)20-23(21-30)29(33)35-19-13-12-18-34-27(32)8-4/h7-8,10-11,14-16,20H,3-6,9,12-13,17-19H2,1-2H3/b22-14+,23-20+. The molecule has 0 bridgehead atoms. The summed E-state index contributed by atoms with van der Waals surface area (Å²) in [6.07, 6.45) is 10.6. The second-order valence-corrected chi connectivity index (χ2v) is 7.94. The van der Waals surface area contributed by atoms with Crippen LogP contribution in [0.5, 0.6) is 0 Å². The molecule has 6 nitrogen and oxygen atoms in total. The molecular formula is C29H34N2O4. The molecule has 0 unspecified atom stereocenters. The zero-order chi connectivity index (χ0) is 25.6. The highest BCUT2D eigenvalue weighted by Crippen LogP contribution is 2.34. The summed E-state index contributed by atoms with van der Waals surface area (Å²) < 4.78 is 12.5. The van der Waals surface area contributed by atoms with Gasteiger partial charge in [0.15, 0.2) is 0 Å². The van der Waals surface area contributed by atoms with Crippen molar-refractivity contribution in [2.75, 3.05) is 13.2 Å². The van der Waals surface area contributed by atoms with Gasteiger partial charge in [0.1, 0.15) is 11.6 Å². The molecule has 1 heterocycles. The van der Waals surface area contributed by atoms with E-state index in [9.17, 15) is 14.9 Å². The van der Waals surface area contributed by atoms with E-state index in [1.807, 2.05) is 30.3 Å². The Morgan fingerprint density at radius 1 is 1.06 bits per heavy atom. The summed E-state index contributed by atoms with van der Waals surface area (Å²) in [7, 11) is 0. The number of unbranched alkanes of at least 4 members (excludes halogenated alkanes) is 2. The third-order valence-corrected chi connectivity index (χ3v) is 5.47. The fourth-order valence-corrected chi connectivity index (χ4v) is 3.79. The summed E-state index contributed by atoms with van der Waals surface area (Å²) >= 11 is 0. The third-order valence-electron chi connectivity index (χ3n) is 5.47. The second-order valence-electron chi connectivity index (χ2n) is 7.94. The van der Waals surface area contributed by atoms with Gasteiger partial charge in [-0.3, -0.25) is 0 Å². The van der Waals surface area contributed by atoms with Crippen molar-refractivity contribution in [3.8, 4) is 6.07 Å². The van der Waals surface area contributed by atoms with Crippen LogP contribution in [0.25, 0.3) is 22.6 Å². The van der Waals surface area contributed by atoms with E-state index >= 15 is 0 Å². The number of benzene rings is 1. The molecule has 2 rings (SSSR count). The van der Waals surface area contributed by atoms with Crippen LogP contribution in [0, 0.1) is 11.3 Å². The summed E-state index contributed by atoms with van der Waals surface area (Å²) in [5, 5.41) is 10.7. The van der Waals surface area contributed by atoms with E-state index in [1.165, 1.54) is 0 Å². The molecule has 0 aliphatic heterocycles. The van der Waals surface area contributed by atoms with Gasteiger partial charge < -0.3 is 14.0 Å². The van der Waals surface area contributed by atoms with Gasteiger partial charge in [0.05, 0.1) is 18.9 Å². The topological polar surface area (TPSA) is 81.3 Å². The maximum Gasteiger partial charge on any atom is 0.348 e. The van der Waals surface area contributed by atoms with E-state index < -0.39 is 11.9 Å². The van der Waals surface area contributed by atoms with Gasteiger partial charge in [-0.15, -0.1) is 0 Å². The first-order valence-electron chi connectivity index (χ1n) is 12.0. The van der Waals surface area contributed by atoms with Gasteiger partial charge in [-0.25, -0.2) is 9.59 Å². The maximum atomic E-state index is 12.7. The van der Waals surface area contributed by atoms with Gasteiger partial charge in [-0.05, 0) is 43.4 Å². The number of hydrogen-bond acceptors (Lipinski definition) is 5. The van der Waals surface area contributed by atoms with Crippen molar-refractivity contribution in [3.63, 3.8) is 0 Å². The van der Waals surface area contributed by atoms with Crippen molar-refractivity contribution in [1.82, 2.24) is 4.57 Å². The number of esters is 2. The Hall–Kier alpha value is -3.85. The Morgan fingerprint density at radius 2 is 1.77 bits per heavy atom. The molecule has 35 heavy (non-hydrogen) atoms. The molecule has 184 valence electrons. The minimum absolute atomic E-state index is 0.0670. The molecule has 0 fully saturated rings. The van der Waals surface area contributed by atoms with Crippen LogP contribution in [0.15, 0.2) is 61.2 Å². The summed E-state index contributed by atoms with van der Waals surface area (Å²) in [6.45, 7) is 12.7. The lowest BCUT2D eigenvalue weighted by Crippen LogP contribution is -2.09. The normalized spacial score (nSPS) is 11.7. The summed E-state index contributed by atoms with van der Waals surface area (Å²) in [5.41, 5.74) is 3.70. The van der Waals surface area contributed by atoms with Crippen LogP contribution >= 0.6 is 0 Å². The molecule has 0 atom stereocenters. The highest BCUT2D eigenvalue weighted by Gasteiger charge is 2.20. The van der Waals surface area contributed by atoms with E-state index in [-0.39, 0.29) is 18.8 Å². The van der Waals surface area contributed by atoms with Crippen molar-refractivity contribution in [1.29, 1.82) is 5.26 Å². The minimum atomic E-state index is -0.674. The first-order valence-corrected chi connectivity index (χ1v) is 12.0. The molecule has 6 heteroatoms. The number of carbonyl (C=O) groups excluding carboxylic acids is 2. The van der Waals surface area contributed by atoms with E-state index in [2.05, 4.69) is 43.7 Å². The predicted octanol–water partition coefficient (Wildman–Crippen LogP) is 6.38. The second kappa shape index (κ2) is 14.4. The highest BCUT2D eigenvalue weighted by atomic mass is 16.5. The molecule has 1 aromatic carbocycles. The number of allylic oxidation sites excluding steroid dienone is 3. The van der Waals surface area contributed by atoms with Crippen molar-refractivity contribution >= 4 is 34.5 Å². The molecule has 0 aliphatic carbocycles. The van der Waals surface area contributed by atoms with Gasteiger partial charge >= 0.3 is 11.9 Å². The van der Waals surface area contributed by atoms with Crippen LogP contribution in [-0.2, 0) is 25.6 Å². The van der Waals surface area contributed by atoms with Crippen LogP contribution in [-0.4, -0.2) is 29.7 Å². The Morgan fingerprint density at radius 3 is 2.40 bits per heavy atom. The monoisotopic (exact) mass is 474 g/mol. The predicted molar refractivity (Wildman–Crippen MR) is 140 cm³/mol. The Labute approximate surface area is 207 Å². The zero-order valence-corrected chi connectivity index (χ0v) is 20.7. The molecule has 2 aromatic rings. The van der Waals surface area contributed by atoms with Gasteiger partial charge in [-0.2, -0.15) is 5.26 Å². The van der Waals surface area contributed by atoms with Crippen LogP contribution in [0.2, 0.25) is 0 Å².